The molecule has 0 N–H and O–H groups in total. The summed E-state index contributed by atoms with van der Waals surface area (Å²) in [5.74, 6) is 0. The maximum atomic E-state index is 2.59. The minimum absolute atomic E-state index is 0.339. The number of allylic oxidation sites excluding steroid dienone is 8. The summed E-state index contributed by atoms with van der Waals surface area (Å²) in [6.45, 7) is 24.3. The van der Waals surface area contributed by atoms with E-state index in [0.717, 1.165) is 0 Å². The fourth-order valence-electron chi connectivity index (χ4n) is 5.37. The van der Waals surface area contributed by atoms with Gasteiger partial charge in [-0.2, -0.15) is 0 Å². The summed E-state index contributed by atoms with van der Waals surface area (Å²) in [4.78, 5) is 0. The minimum atomic E-state index is -0.981. The molecule has 0 bridgehead atoms. The molecule has 0 aromatic rings. The molecule has 27 heavy (non-hydrogen) atoms. The van der Waals surface area contributed by atoms with Crippen molar-refractivity contribution in [2.45, 2.75) is 103 Å². The summed E-state index contributed by atoms with van der Waals surface area (Å²) in [6, 6.07) is 0. The summed E-state index contributed by atoms with van der Waals surface area (Å²) in [5.41, 5.74) is 7.31. The second-order valence-electron chi connectivity index (χ2n) is 10.3. The first-order valence-corrected chi connectivity index (χ1v) is 14.2. The van der Waals surface area contributed by atoms with E-state index in [0.29, 0.717) is 18.8 Å². The van der Waals surface area contributed by atoms with Gasteiger partial charge in [-0.25, -0.2) is 0 Å². The van der Waals surface area contributed by atoms with E-state index in [1.54, 1.807) is 22.3 Å². The van der Waals surface area contributed by atoms with Gasteiger partial charge in [0.15, 0.2) is 0 Å². The predicted molar refractivity (Wildman–Crippen MR) is 118 cm³/mol. The van der Waals surface area contributed by atoms with Crippen molar-refractivity contribution in [2.75, 3.05) is 0 Å². The molecule has 0 aliphatic heterocycles. The molecule has 0 fully saturated rings. The van der Waals surface area contributed by atoms with E-state index >= 15 is 0 Å². The molecule has 2 aliphatic rings. The molecule has 2 unspecified atom stereocenters. The molecule has 2 rings (SSSR count). The van der Waals surface area contributed by atoms with Crippen LogP contribution < -0.4 is 0 Å². The summed E-state index contributed by atoms with van der Waals surface area (Å²) in [5, 5.41) is 0. The number of hydrogen-bond acceptors (Lipinski definition) is 0. The van der Waals surface area contributed by atoms with Gasteiger partial charge in [0, 0.05) is 0 Å². The van der Waals surface area contributed by atoms with Crippen molar-refractivity contribution in [1.82, 2.24) is 0 Å². The van der Waals surface area contributed by atoms with Gasteiger partial charge in [0.2, 0.25) is 0 Å². The third-order valence-corrected chi connectivity index (χ3v) is 15.2. The molecule has 148 valence electrons. The van der Waals surface area contributed by atoms with Crippen LogP contribution in [0, 0.1) is 10.8 Å². The van der Waals surface area contributed by atoms with Gasteiger partial charge >= 0.3 is 177 Å². The SMILES string of the molecule is CCC(C)(CC)C1=C(C)[C](C)([Zn][C]2(C)C=CC(C(C)(CC)CC)=C2C)C=C1. The quantitative estimate of drug-likeness (QED) is 0.344. The average Bonchev–Trinajstić information content (AvgIpc) is 3.11. The average molecular weight is 420 g/mol. The Bertz CT molecular complexity index is 634. The first kappa shape index (κ1) is 22.9. The van der Waals surface area contributed by atoms with Gasteiger partial charge < -0.3 is 0 Å². The molecule has 0 saturated carbocycles. The standard InChI is InChI=1S/2C13H21.Zn/c2*1-6-13(5,7-2)12-9-8-10(3)11(12)4;/h2*8-9H,6-7H2,1-5H3;. The Labute approximate surface area is 177 Å². The van der Waals surface area contributed by atoms with Crippen LogP contribution in [0.15, 0.2) is 46.6 Å². The Hall–Kier alpha value is -0.417. The van der Waals surface area contributed by atoms with Crippen LogP contribution in [0.4, 0.5) is 0 Å². The summed E-state index contributed by atoms with van der Waals surface area (Å²) < 4.78 is 0.692. The molecule has 2 aliphatic carbocycles. The molecule has 0 heterocycles. The second-order valence-corrected chi connectivity index (χ2v) is 17.2. The maximum absolute atomic E-state index is 2.59. The van der Waals surface area contributed by atoms with Crippen molar-refractivity contribution in [3.05, 3.63) is 46.6 Å². The van der Waals surface area contributed by atoms with Crippen molar-refractivity contribution in [1.29, 1.82) is 0 Å². The molecule has 0 aromatic carbocycles. The van der Waals surface area contributed by atoms with Crippen LogP contribution in [0.1, 0.15) is 94.9 Å². The van der Waals surface area contributed by atoms with E-state index < -0.39 is 17.1 Å². The van der Waals surface area contributed by atoms with Crippen LogP contribution in [0.5, 0.6) is 0 Å². The monoisotopic (exact) mass is 418 g/mol. The Morgan fingerprint density at radius 3 is 1.26 bits per heavy atom. The summed E-state index contributed by atoms with van der Waals surface area (Å²) in [7, 11) is 0. The van der Waals surface area contributed by atoms with E-state index in [4.69, 9.17) is 0 Å². The Morgan fingerprint density at radius 2 is 1.00 bits per heavy atom. The van der Waals surface area contributed by atoms with Gasteiger partial charge in [-0.3, -0.25) is 0 Å². The van der Waals surface area contributed by atoms with Crippen LogP contribution in [0.2, 0.25) is 8.02 Å². The van der Waals surface area contributed by atoms with Gasteiger partial charge in [0.05, 0.1) is 0 Å². The second kappa shape index (κ2) is 7.78. The van der Waals surface area contributed by atoms with Gasteiger partial charge in [0.1, 0.15) is 0 Å². The van der Waals surface area contributed by atoms with Crippen molar-refractivity contribution in [3.63, 3.8) is 0 Å². The predicted octanol–water partition coefficient (Wildman–Crippen LogP) is 8.85. The van der Waals surface area contributed by atoms with E-state index in [-0.39, 0.29) is 0 Å². The van der Waals surface area contributed by atoms with Crippen molar-refractivity contribution in [2.24, 2.45) is 10.8 Å². The van der Waals surface area contributed by atoms with Gasteiger partial charge in [-0.05, 0) is 0 Å². The van der Waals surface area contributed by atoms with E-state index in [2.05, 4.69) is 93.5 Å². The molecule has 0 radical (unpaired) electrons. The molecule has 0 nitrogen and oxygen atoms in total. The molecule has 0 saturated heterocycles. The van der Waals surface area contributed by atoms with Crippen LogP contribution in [0.25, 0.3) is 0 Å². The zero-order valence-electron chi connectivity index (χ0n) is 19.8. The first-order valence-electron chi connectivity index (χ1n) is 11.3. The van der Waals surface area contributed by atoms with Gasteiger partial charge in [-0.1, -0.05) is 0 Å². The molecular weight excluding hydrogens is 378 g/mol. The molecular formula is C26H42Zn. The molecule has 1 heteroatoms. The van der Waals surface area contributed by atoms with Gasteiger partial charge in [0.25, 0.3) is 0 Å². The molecule has 0 amide bonds. The first-order chi connectivity index (χ1) is 12.4. The molecule has 0 spiro atoms. The molecule has 0 aromatic heterocycles. The summed E-state index contributed by atoms with van der Waals surface area (Å²) in [6.07, 6.45) is 15.1. The van der Waals surface area contributed by atoms with Crippen molar-refractivity contribution in [3.8, 4) is 0 Å². The van der Waals surface area contributed by atoms with Crippen LogP contribution >= 0.6 is 0 Å². The molecule has 2 atom stereocenters. The van der Waals surface area contributed by atoms with Crippen molar-refractivity contribution < 1.29 is 17.1 Å². The Morgan fingerprint density at radius 1 is 0.704 bits per heavy atom. The third kappa shape index (κ3) is 3.75. The fourth-order valence-corrected chi connectivity index (χ4v) is 11.5. The fraction of sp³-hybridized carbons (Fsp3) is 0.692. The van der Waals surface area contributed by atoms with Crippen molar-refractivity contribution >= 4 is 0 Å². The van der Waals surface area contributed by atoms with E-state index in [9.17, 15) is 0 Å². The van der Waals surface area contributed by atoms with E-state index in [1.165, 1.54) is 25.7 Å². The number of rotatable bonds is 8. The van der Waals surface area contributed by atoms with Crippen LogP contribution in [-0.4, -0.2) is 0 Å². The Balaban J connectivity index is 2.40. The zero-order chi connectivity index (χ0) is 20.7. The van der Waals surface area contributed by atoms with Crippen LogP contribution in [0.3, 0.4) is 0 Å². The topological polar surface area (TPSA) is 0 Å². The van der Waals surface area contributed by atoms with Gasteiger partial charge in [-0.15, -0.1) is 0 Å². The zero-order valence-corrected chi connectivity index (χ0v) is 22.8. The third-order valence-electron chi connectivity index (χ3n) is 8.91. The Kier molecular flexibility index (Phi) is 6.59. The van der Waals surface area contributed by atoms with Crippen LogP contribution in [-0.2, 0) is 17.1 Å². The normalized spacial score (nSPS) is 28.5. The van der Waals surface area contributed by atoms with E-state index in [1.807, 2.05) is 0 Å². The summed E-state index contributed by atoms with van der Waals surface area (Å²) >= 11 is -0.981. The number of hydrogen-bond donors (Lipinski definition) is 0.